The van der Waals surface area contributed by atoms with Crippen molar-refractivity contribution in [2.24, 2.45) is 17.0 Å². The van der Waals surface area contributed by atoms with Crippen LogP contribution in [0.2, 0.25) is 0 Å². The molecule has 38 heavy (non-hydrogen) atoms. The number of nitrogens with zero attached hydrogens (tertiary/aromatic N) is 2. The smallest absolute Gasteiger partial charge is 0.353 e. The van der Waals surface area contributed by atoms with E-state index in [9.17, 15) is 28.2 Å². The van der Waals surface area contributed by atoms with Gasteiger partial charge in [0.15, 0.2) is 0 Å². The Kier molecular flexibility index (Phi) is 8.31. The number of nitrogens with two attached hydrogens (primary N) is 1. The number of aliphatic carboxylic acids is 1. The maximum atomic E-state index is 12.7. The first-order chi connectivity index (χ1) is 17.9. The molecule has 0 aromatic heterocycles. The van der Waals surface area contributed by atoms with E-state index in [2.05, 4.69) is 9.62 Å². The van der Waals surface area contributed by atoms with Gasteiger partial charge in [-0.3, -0.25) is 9.69 Å². The Balaban J connectivity index is 1.57. The number of nitrogens with one attached hydrogen (secondary N) is 1. The van der Waals surface area contributed by atoms with E-state index in [4.69, 9.17) is 14.6 Å². The molecular weight excluding hydrogens is 536 g/mol. The number of carbonyl (C=O) groups excluding carboxylic acids is 1. The van der Waals surface area contributed by atoms with Crippen molar-refractivity contribution >= 4 is 33.8 Å². The summed E-state index contributed by atoms with van der Waals surface area (Å²) in [5.41, 5.74) is 0.859. The Morgan fingerprint density at radius 3 is 2.61 bits per heavy atom. The van der Waals surface area contributed by atoms with E-state index in [1.54, 1.807) is 27.2 Å². The minimum Gasteiger partial charge on any atom is -0.497 e. The number of β-lactam (4-membered cyclic amide) rings is 1. The number of hydrogen-bond donors (Lipinski definition) is 4. The van der Waals surface area contributed by atoms with E-state index >= 15 is 0 Å². The van der Waals surface area contributed by atoms with Crippen molar-refractivity contribution in [1.82, 2.24) is 14.5 Å². The third kappa shape index (κ3) is 5.51. The second-order valence-electron chi connectivity index (χ2n) is 9.90. The summed E-state index contributed by atoms with van der Waals surface area (Å²) in [5, 5.41) is 25.2. The average Bonchev–Trinajstić information content (AvgIpc) is 3.33. The first-order valence-electron chi connectivity index (χ1n) is 12.2. The molecule has 0 aliphatic carbocycles. The van der Waals surface area contributed by atoms with E-state index in [1.165, 1.54) is 16.7 Å². The Hall–Kier alpha value is -2.36. The number of thioether (sulfide) groups is 1. The number of aliphatic hydroxyl groups excluding tert-OH is 1. The lowest BCUT2D eigenvalue weighted by Crippen LogP contribution is -2.63. The highest BCUT2D eigenvalue weighted by molar-refractivity contribution is 8.03. The fraction of sp³-hybridized carbons (Fsp3) is 0.583. The molecule has 4 rings (SSSR count). The van der Waals surface area contributed by atoms with Gasteiger partial charge < -0.3 is 24.6 Å². The SMILES string of the molecule is COc1ccc(CN2C[C@@H](SC3=C(C(=O)O)N4C(=O)[C@H]([C@@H](C)O)[C@H]4[C@H]3C)C[C@H]2CNS(N)(=O)=O)c(OC)c1. The summed E-state index contributed by atoms with van der Waals surface area (Å²) in [6, 6.07) is 4.88. The fourth-order valence-electron chi connectivity index (χ4n) is 5.70. The van der Waals surface area contributed by atoms with Crippen molar-refractivity contribution in [3.05, 3.63) is 34.4 Å². The number of ether oxygens (including phenoxy) is 2. The Bertz CT molecular complexity index is 1240. The Morgan fingerprint density at radius 2 is 2.03 bits per heavy atom. The molecule has 5 N–H and O–H groups in total. The second-order valence-corrected chi connectivity index (χ2v) is 12.6. The van der Waals surface area contributed by atoms with E-state index in [0.717, 1.165) is 5.56 Å². The molecule has 1 aromatic carbocycles. The molecule has 0 spiro atoms. The normalized spacial score (nSPS) is 28.3. The molecule has 0 bridgehead atoms. The van der Waals surface area contributed by atoms with Crippen molar-refractivity contribution in [1.29, 1.82) is 0 Å². The number of methoxy groups -OCH3 is 2. The van der Waals surface area contributed by atoms with Gasteiger partial charge >= 0.3 is 5.97 Å². The zero-order valence-electron chi connectivity index (χ0n) is 21.7. The lowest BCUT2D eigenvalue weighted by molar-refractivity contribution is -0.163. The highest BCUT2D eigenvalue weighted by Gasteiger charge is 2.60. The zero-order chi connectivity index (χ0) is 27.9. The van der Waals surface area contributed by atoms with Crippen LogP contribution >= 0.6 is 11.8 Å². The number of fused-ring (bicyclic) bond motifs is 1. The van der Waals surface area contributed by atoms with Crippen molar-refractivity contribution in [2.45, 2.75) is 50.3 Å². The van der Waals surface area contributed by atoms with Gasteiger partial charge in [0, 0.05) is 53.4 Å². The maximum Gasteiger partial charge on any atom is 0.353 e. The van der Waals surface area contributed by atoms with Crippen LogP contribution in [0.15, 0.2) is 28.8 Å². The van der Waals surface area contributed by atoms with Crippen LogP contribution in [-0.4, -0.2) is 91.1 Å². The van der Waals surface area contributed by atoms with Crippen LogP contribution in [-0.2, 0) is 26.3 Å². The fourth-order valence-corrected chi connectivity index (χ4v) is 7.72. The van der Waals surface area contributed by atoms with Gasteiger partial charge in [0.2, 0.25) is 5.91 Å². The van der Waals surface area contributed by atoms with Gasteiger partial charge in [-0.2, -0.15) is 8.42 Å². The van der Waals surface area contributed by atoms with Crippen molar-refractivity contribution < 1.29 is 37.7 Å². The number of rotatable bonds is 11. The molecule has 3 heterocycles. The first kappa shape index (κ1) is 28.6. The summed E-state index contributed by atoms with van der Waals surface area (Å²) < 4.78 is 36.4. The van der Waals surface area contributed by atoms with Crippen LogP contribution in [0.3, 0.4) is 0 Å². The predicted molar refractivity (Wildman–Crippen MR) is 140 cm³/mol. The Labute approximate surface area is 226 Å². The molecule has 14 heteroatoms. The van der Waals surface area contributed by atoms with Gasteiger partial charge in [0.05, 0.1) is 32.3 Å². The number of carbonyl (C=O) groups is 2. The third-order valence-corrected chi connectivity index (χ3v) is 9.55. The molecule has 1 amide bonds. The van der Waals surface area contributed by atoms with Crippen molar-refractivity contribution in [3.8, 4) is 11.5 Å². The number of carboxylic acids is 1. The van der Waals surface area contributed by atoms with Gasteiger partial charge in [-0.1, -0.05) is 13.0 Å². The third-order valence-electron chi connectivity index (χ3n) is 7.48. The van der Waals surface area contributed by atoms with Crippen LogP contribution in [0.1, 0.15) is 25.8 Å². The summed E-state index contributed by atoms with van der Waals surface area (Å²) in [7, 11) is -0.776. The van der Waals surface area contributed by atoms with Crippen LogP contribution in [0.4, 0.5) is 0 Å². The lowest BCUT2D eigenvalue weighted by atomic mass is 9.79. The standard InChI is InChI=1S/C24H34N4O8S2/c1-12-20-19(13(2)29)23(30)28(20)21(24(31)32)22(12)37-17-7-15(9-26-38(25,33)34)27(11-17)10-14-5-6-16(35-3)8-18(14)36-4/h5-6,8,12-13,15,17,19-20,26,29H,7,9-11H2,1-4H3,(H,31,32)(H2,25,33,34)/t12-,13-,15+,17+,19-,20-/m1/s1. The van der Waals surface area contributed by atoms with Crippen LogP contribution in [0.25, 0.3) is 0 Å². The number of aliphatic hydroxyl groups is 1. The van der Waals surface area contributed by atoms with E-state index in [0.29, 0.717) is 35.9 Å². The maximum absolute atomic E-state index is 12.7. The largest absolute Gasteiger partial charge is 0.497 e. The minimum absolute atomic E-state index is 0.0242. The quantitative estimate of drug-likeness (QED) is 0.272. The van der Waals surface area contributed by atoms with Gasteiger partial charge in [0.1, 0.15) is 17.2 Å². The summed E-state index contributed by atoms with van der Waals surface area (Å²) in [4.78, 5) is 28.9. The van der Waals surface area contributed by atoms with E-state index in [1.807, 2.05) is 19.1 Å². The monoisotopic (exact) mass is 570 g/mol. The highest BCUT2D eigenvalue weighted by Crippen LogP contribution is 2.52. The molecule has 1 aromatic rings. The van der Waals surface area contributed by atoms with E-state index < -0.39 is 34.2 Å². The number of amides is 1. The zero-order valence-corrected chi connectivity index (χ0v) is 23.3. The highest BCUT2D eigenvalue weighted by atomic mass is 32.2. The molecule has 2 fully saturated rings. The molecule has 0 saturated carbocycles. The number of likely N-dealkylation sites (tertiary alicyclic amines) is 1. The Morgan fingerprint density at radius 1 is 1.32 bits per heavy atom. The predicted octanol–water partition coefficient (Wildman–Crippen LogP) is 0.327. The van der Waals surface area contributed by atoms with Crippen molar-refractivity contribution in [3.63, 3.8) is 0 Å². The minimum atomic E-state index is -3.90. The van der Waals surface area contributed by atoms with Crippen LogP contribution in [0.5, 0.6) is 11.5 Å². The molecule has 12 nitrogen and oxygen atoms in total. The van der Waals surface area contributed by atoms with Gasteiger partial charge in [0.25, 0.3) is 10.2 Å². The van der Waals surface area contributed by atoms with Gasteiger partial charge in [-0.15, -0.1) is 11.8 Å². The lowest BCUT2D eigenvalue weighted by Gasteiger charge is -2.46. The molecule has 0 unspecified atom stereocenters. The summed E-state index contributed by atoms with van der Waals surface area (Å²) in [6.07, 6.45) is -0.312. The van der Waals surface area contributed by atoms with Crippen molar-refractivity contribution in [2.75, 3.05) is 27.3 Å². The molecular formula is C24H34N4O8S2. The second kappa shape index (κ2) is 11.0. The molecule has 3 aliphatic rings. The molecule has 210 valence electrons. The van der Waals surface area contributed by atoms with E-state index in [-0.39, 0.29) is 35.4 Å². The first-order valence-corrected chi connectivity index (χ1v) is 14.7. The van der Waals surface area contributed by atoms with Crippen LogP contribution in [0, 0.1) is 11.8 Å². The molecule has 6 atom stereocenters. The molecule has 2 saturated heterocycles. The number of carboxylic acid groups (broad SMARTS) is 1. The topological polar surface area (TPSA) is 172 Å². The number of benzene rings is 1. The summed E-state index contributed by atoms with van der Waals surface area (Å²) >= 11 is 1.41. The molecule has 0 radical (unpaired) electrons. The summed E-state index contributed by atoms with van der Waals surface area (Å²) in [6.45, 7) is 4.51. The van der Waals surface area contributed by atoms with Crippen LogP contribution < -0.4 is 19.3 Å². The average molecular weight is 571 g/mol. The van der Waals surface area contributed by atoms with Gasteiger partial charge in [-0.05, 0) is 19.4 Å². The molecule has 3 aliphatic heterocycles. The van der Waals surface area contributed by atoms with Gasteiger partial charge in [-0.25, -0.2) is 14.7 Å². The number of hydrogen-bond acceptors (Lipinski definition) is 9. The summed E-state index contributed by atoms with van der Waals surface area (Å²) in [5.74, 6) is -1.16.